The van der Waals surface area contributed by atoms with Crippen molar-refractivity contribution in [3.63, 3.8) is 0 Å². The van der Waals surface area contributed by atoms with Gasteiger partial charge in [0.05, 0.1) is 7.11 Å². The van der Waals surface area contributed by atoms with Gasteiger partial charge in [0.1, 0.15) is 0 Å². The first kappa shape index (κ1) is 14.3. The number of hydrogen-bond donors (Lipinski definition) is 1. The van der Waals surface area contributed by atoms with E-state index in [0.717, 1.165) is 37.7 Å². The normalized spacial score (nSPS) is 17.6. The van der Waals surface area contributed by atoms with Gasteiger partial charge in [-0.2, -0.15) is 0 Å². The summed E-state index contributed by atoms with van der Waals surface area (Å²) in [5.74, 6) is 0.829. The van der Waals surface area contributed by atoms with E-state index in [4.69, 9.17) is 4.74 Å². The first-order valence-corrected chi connectivity index (χ1v) is 6.92. The standard InChI is InChI=1S/C15H23FN2O/c1-17-10-12-5-7-18(8-6-12)11-13-3-4-15(19-2)14(16)9-13/h3-4,9,12,17H,5-8,10-11H2,1-2H3. The fourth-order valence-corrected chi connectivity index (χ4v) is 2.70. The van der Waals surface area contributed by atoms with Crippen molar-refractivity contribution in [1.29, 1.82) is 0 Å². The highest BCUT2D eigenvalue weighted by Crippen LogP contribution is 2.21. The molecule has 1 saturated heterocycles. The molecule has 0 aromatic heterocycles. The monoisotopic (exact) mass is 266 g/mol. The maximum Gasteiger partial charge on any atom is 0.165 e. The van der Waals surface area contributed by atoms with Gasteiger partial charge in [-0.3, -0.25) is 4.90 Å². The topological polar surface area (TPSA) is 24.5 Å². The summed E-state index contributed by atoms with van der Waals surface area (Å²) in [6.45, 7) is 4.12. The predicted octanol–water partition coefficient (Wildman–Crippen LogP) is 2.27. The molecule has 0 amide bonds. The van der Waals surface area contributed by atoms with Gasteiger partial charge in [-0.25, -0.2) is 4.39 Å². The van der Waals surface area contributed by atoms with Crippen LogP contribution in [0.1, 0.15) is 18.4 Å². The van der Waals surface area contributed by atoms with Crippen molar-refractivity contribution in [2.75, 3.05) is 33.8 Å². The maximum atomic E-state index is 13.6. The Kier molecular flexibility index (Phi) is 5.16. The fraction of sp³-hybridized carbons (Fsp3) is 0.600. The summed E-state index contributed by atoms with van der Waals surface area (Å²) >= 11 is 0. The number of methoxy groups -OCH3 is 1. The lowest BCUT2D eigenvalue weighted by molar-refractivity contribution is 0.176. The Morgan fingerprint density at radius 1 is 1.37 bits per heavy atom. The lowest BCUT2D eigenvalue weighted by Gasteiger charge is -2.31. The second kappa shape index (κ2) is 6.87. The van der Waals surface area contributed by atoms with Crippen LogP contribution in [0.15, 0.2) is 18.2 Å². The molecular formula is C15H23FN2O. The lowest BCUT2D eigenvalue weighted by Crippen LogP contribution is -2.36. The molecule has 1 aromatic carbocycles. The van der Waals surface area contributed by atoms with Crippen molar-refractivity contribution in [3.8, 4) is 5.75 Å². The van der Waals surface area contributed by atoms with E-state index in [0.29, 0.717) is 5.75 Å². The Morgan fingerprint density at radius 2 is 2.11 bits per heavy atom. The molecule has 1 aliphatic rings. The molecule has 1 fully saturated rings. The quantitative estimate of drug-likeness (QED) is 0.885. The van der Waals surface area contributed by atoms with E-state index in [2.05, 4.69) is 10.2 Å². The van der Waals surface area contributed by atoms with Crippen molar-refractivity contribution >= 4 is 0 Å². The van der Waals surface area contributed by atoms with Crippen LogP contribution in [0.25, 0.3) is 0 Å². The number of piperidine rings is 1. The average Bonchev–Trinajstić information content (AvgIpc) is 2.42. The van der Waals surface area contributed by atoms with Crippen LogP contribution < -0.4 is 10.1 Å². The van der Waals surface area contributed by atoms with Crippen molar-refractivity contribution < 1.29 is 9.13 Å². The second-order valence-corrected chi connectivity index (χ2v) is 5.25. The third kappa shape index (κ3) is 3.91. The summed E-state index contributed by atoms with van der Waals surface area (Å²) in [7, 11) is 3.50. The van der Waals surface area contributed by atoms with Gasteiger partial charge in [0.15, 0.2) is 11.6 Å². The maximum absolute atomic E-state index is 13.6. The third-order valence-corrected chi connectivity index (χ3v) is 3.82. The average molecular weight is 266 g/mol. The Hall–Kier alpha value is -1.13. The molecule has 1 aromatic rings. The Labute approximate surface area is 114 Å². The van der Waals surface area contributed by atoms with Crippen molar-refractivity contribution in [2.24, 2.45) is 5.92 Å². The van der Waals surface area contributed by atoms with Gasteiger partial charge in [0.2, 0.25) is 0 Å². The molecule has 0 unspecified atom stereocenters. The molecule has 0 spiro atoms. The smallest absolute Gasteiger partial charge is 0.165 e. The van der Waals surface area contributed by atoms with Crippen LogP contribution in [0.5, 0.6) is 5.75 Å². The largest absolute Gasteiger partial charge is 0.494 e. The summed E-state index contributed by atoms with van der Waals surface area (Å²) in [6, 6.07) is 5.23. The number of nitrogens with one attached hydrogen (secondary N) is 1. The van der Waals surface area contributed by atoms with Crippen LogP contribution in [0.4, 0.5) is 4.39 Å². The van der Waals surface area contributed by atoms with E-state index in [1.165, 1.54) is 20.0 Å². The zero-order valence-corrected chi connectivity index (χ0v) is 11.8. The van der Waals surface area contributed by atoms with Gasteiger partial charge in [-0.05, 0) is 63.1 Å². The van der Waals surface area contributed by atoms with E-state index < -0.39 is 0 Å². The predicted molar refractivity (Wildman–Crippen MR) is 74.9 cm³/mol. The van der Waals surface area contributed by atoms with E-state index in [1.807, 2.05) is 13.1 Å². The molecular weight excluding hydrogens is 243 g/mol. The lowest BCUT2D eigenvalue weighted by atomic mass is 9.96. The Morgan fingerprint density at radius 3 is 2.68 bits per heavy atom. The minimum Gasteiger partial charge on any atom is -0.494 e. The fourth-order valence-electron chi connectivity index (χ4n) is 2.70. The van der Waals surface area contributed by atoms with Gasteiger partial charge in [0.25, 0.3) is 0 Å². The van der Waals surface area contributed by atoms with Crippen LogP contribution in [0.3, 0.4) is 0 Å². The first-order valence-electron chi connectivity index (χ1n) is 6.92. The first-order chi connectivity index (χ1) is 9.22. The summed E-state index contributed by atoms with van der Waals surface area (Å²) in [5.41, 5.74) is 1.02. The SMILES string of the molecule is CNCC1CCN(Cc2ccc(OC)c(F)c2)CC1. The van der Waals surface area contributed by atoms with Gasteiger partial charge in [-0.15, -0.1) is 0 Å². The van der Waals surface area contributed by atoms with Crippen molar-refractivity contribution in [1.82, 2.24) is 10.2 Å². The molecule has 0 atom stereocenters. The van der Waals surface area contributed by atoms with Crippen LogP contribution in [0, 0.1) is 11.7 Å². The van der Waals surface area contributed by atoms with Crippen LogP contribution in [0.2, 0.25) is 0 Å². The van der Waals surface area contributed by atoms with E-state index in [9.17, 15) is 4.39 Å². The number of benzene rings is 1. The molecule has 106 valence electrons. The number of likely N-dealkylation sites (tertiary alicyclic amines) is 1. The Bertz CT molecular complexity index is 403. The summed E-state index contributed by atoms with van der Waals surface area (Å²) < 4.78 is 18.6. The number of halogens is 1. The second-order valence-electron chi connectivity index (χ2n) is 5.25. The zero-order valence-electron chi connectivity index (χ0n) is 11.8. The number of rotatable bonds is 5. The molecule has 0 aliphatic carbocycles. The van der Waals surface area contributed by atoms with Gasteiger partial charge in [-0.1, -0.05) is 6.07 Å². The van der Waals surface area contributed by atoms with Crippen LogP contribution in [-0.2, 0) is 6.54 Å². The zero-order chi connectivity index (χ0) is 13.7. The summed E-state index contributed by atoms with van der Waals surface area (Å²) in [4.78, 5) is 2.40. The highest BCUT2D eigenvalue weighted by atomic mass is 19.1. The van der Waals surface area contributed by atoms with Crippen molar-refractivity contribution in [3.05, 3.63) is 29.6 Å². The molecule has 0 radical (unpaired) electrons. The summed E-state index contributed by atoms with van der Waals surface area (Å²) in [5, 5.41) is 3.24. The number of nitrogens with zero attached hydrogens (tertiary/aromatic N) is 1. The third-order valence-electron chi connectivity index (χ3n) is 3.82. The Balaban J connectivity index is 1.87. The summed E-state index contributed by atoms with van der Waals surface area (Å²) in [6.07, 6.45) is 2.44. The molecule has 19 heavy (non-hydrogen) atoms. The number of hydrogen-bond acceptors (Lipinski definition) is 3. The highest BCUT2D eigenvalue weighted by molar-refractivity contribution is 5.29. The van der Waals surface area contributed by atoms with E-state index >= 15 is 0 Å². The molecule has 1 heterocycles. The molecule has 2 rings (SSSR count). The minimum atomic E-state index is -0.273. The van der Waals surface area contributed by atoms with Gasteiger partial charge in [0, 0.05) is 6.54 Å². The number of ether oxygens (including phenoxy) is 1. The van der Waals surface area contributed by atoms with E-state index in [1.54, 1.807) is 12.1 Å². The molecule has 1 N–H and O–H groups in total. The molecule has 3 nitrogen and oxygen atoms in total. The molecule has 0 bridgehead atoms. The highest BCUT2D eigenvalue weighted by Gasteiger charge is 2.18. The van der Waals surface area contributed by atoms with Gasteiger partial charge < -0.3 is 10.1 Å². The molecule has 0 saturated carbocycles. The van der Waals surface area contributed by atoms with Crippen LogP contribution >= 0.6 is 0 Å². The van der Waals surface area contributed by atoms with E-state index in [-0.39, 0.29) is 5.82 Å². The van der Waals surface area contributed by atoms with Crippen molar-refractivity contribution in [2.45, 2.75) is 19.4 Å². The molecule has 4 heteroatoms. The minimum absolute atomic E-state index is 0.273. The van der Waals surface area contributed by atoms with Crippen LogP contribution in [-0.4, -0.2) is 38.7 Å². The molecule has 1 aliphatic heterocycles. The van der Waals surface area contributed by atoms with Gasteiger partial charge >= 0.3 is 0 Å².